The lowest BCUT2D eigenvalue weighted by Gasteiger charge is -2.18. The molecule has 0 bridgehead atoms. The summed E-state index contributed by atoms with van der Waals surface area (Å²) in [7, 11) is 1.58. The lowest BCUT2D eigenvalue weighted by molar-refractivity contribution is -0.119. The van der Waals surface area contributed by atoms with E-state index in [0.29, 0.717) is 27.4 Å². The van der Waals surface area contributed by atoms with Gasteiger partial charge in [0.05, 0.1) is 28.0 Å². The molecule has 0 saturated heterocycles. The van der Waals surface area contributed by atoms with E-state index in [1.54, 1.807) is 25.2 Å². The molecular formula is C15H16Cl2N4O2S. The molecule has 24 heavy (non-hydrogen) atoms. The van der Waals surface area contributed by atoms with Crippen molar-refractivity contribution in [3.8, 4) is 0 Å². The minimum Gasteiger partial charge on any atom is -0.358 e. The fraction of sp³-hybridized carbons (Fsp3) is 0.267. The van der Waals surface area contributed by atoms with Crippen LogP contribution in [0.3, 0.4) is 0 Å². The van der Waals surface area contributed by atoms with Crippen LogP contribution in [-0.2, 0) is 16.1 Å². The van der Waals surface area contributed by atoms with Gasteiger partial charge >= 0.3 is 0 Å². The van der Waals surface area contributed by atoms with E-state index in [2.05, 4.69) is 15.6 Å². The topological polar surface area (TPSA) is 74.3 Å². The number of hydrogen-bond donors (Lipinski definition) is 2. The Bertz CT molecular complexity index is 751. The summed E-state index contributed by atoms with van der Waals surface area (Å²) in [5, 5.41) is 8.65. The Balaban J connectivity index is 2.16. The van der Waals surface area contributed by atoms with Gasteiger partial charge in [-0.1, -0.05) is 23.2 Å². The molecule has 0 saturated carbocycles. The van der Waals surface area contributed by atoms with Crippen molar-refractivity contribution in [3.63, 3.8) is 0 Å². The Hall–Kier alpha value is -1.67. The van der Waals surface area contributed by atoms with Crippen molar-refractivity contribution < 1.29 is 9.59 Å². The molecule has 0 fully saturated rings. The van der Waals surface area contributed by atoms with Crippen LogP contribution in [0.2, 0.25) is 10.0 Å². The van der Waals surface area contributed by atoms with Crippen LogP contribution in [0.15, 0.2) is 23.6 Å². The highest BCUT2D eigenvalue weighted by Crippen LogP contribution is 2.33. The van der Waals surface area contributed by atoms with Crippen LogP contribution in [0, 0.1) is 0 Å². The average Bonchev–Trinajstić information content (AvgIpc) is 2.98. The average molecular weight is 387 g/mol. The molecule has 6 nitrogen and oxygen atoms in total. The number of halogens is 2. The first-order valence-corrected chi connectivity index (χ1v) is 8.67. The summed E-state index contributed by atoms with van der Waals surface area (Å²) in [6, 6.07) is 4.96. The largest absolute Gasteiger partial charge is 0.358 e. The summed E-state index contributed by atoms with van der Waals surface area (Å²) >= 11 is 13.3. The predicted molar refractivity (Wildman–Crippen MR) is 97.2 cm³/mol. The quantitative estimate of drug-likeness (QED) is 0.799. The third-order valence-corrected chi connectivity index (χ3v) is 4.69. The van der Waals surface area contributed by atoms with E-state index < -0.39 is 0 Å². The van der Waals surface area contributed by atoms with Gasteiger partial charge in [-0.3, -0.25) is 14.5 Å². The molecule has 2 rings (SSSR count). The van der Waals surface area contributed by atoms with Crippen molar-refractivity contribution in [2.75, 3.05) is 18.5 Å². The Kier molecular flexibility index (Phi) is 6.56. The number of likely N-dealkylation sites (N-methyl/N-ethyl adjacent to an activating group) is 1. The van der Waals surface area contributed by atoms with Crippen LogP contribution < -0.4 is 15.5 Å². The first-order chi connectivity index (χ1) is 11.4. The molecule has 0 aliphatic carbocycles. The summed E-state index contributed by atoms with van der Waals surface area (Å²) in [5.41, 5.74) is 1.33. The number of benzene rings is 1. The molecule has 1 aromatic carbocycles. The minimum atomic E-state index is -0.187. The molecule has 128 valence electrons. The number of hydrogen-bond acceptors (Lipinski definition) is 5. The zero-order chi connectivity index (χ0) is 17.7. The predicted octanol–water partition coefficient (Wildman–Crippen LogP) is 2.97. The molecule has 9 heteroatoms. The van der Waals surface area contributed by atoms with E-state index in [1.165, 1.54) is 23.2 Å². The van der Waals surface area contributed by atoms with Crippen molar-refractivity contribution in [2.45, 2.75) is 13.5 Å². The Morgan fingerprint density at radius 2 is 2.04 bits per heavy atom. The van der Waals surface area contributed by atoms with Gasteiger partial charge in [0.25, 0.3) is 0 Å². The fourth-order valence-corrected chi connectivity index (χ4v) is 3.10. The number of nitrogens with one attached hydrogen (secondary N) is 2. The SMILES string of the molecule is CNC(=O)CNCc1csc(N(C(C)=O)c2ccc(Cl)c(Cl)c2)n1. The van der Waals surface area contributed by atoms with Crippen molar-refractivity contribution in [1.82, 2.24) is 15.6 Å². The first-order valence-electron chi connectivity index (χ1n) is 7.03. The van der Waals surface area contributed by atoms with Gasteiger partial charge in [-0.05, 0) is 18.2 Å². The Labute approximate surface area is 153 Å². The standard InChI is InChI=1S/C15H16Cl2N4O2S/c1-9(22)21(11-3-4-12(16)13(17)5-11)15-20-10(8-24-15)6-19-7-14(23)18-2/h3-5,8,19H,6-7H2,1-2H3,(H,18,23). The molecule has 0 spiro atoms. The van der Waals surface area contributed by atoms with E-state index in [-0.39, 0.29) is 18.4 Å². The van der Waals surface area contributed by atoms with E-state index in [4.69, 9.17) is 23.2 Å². The Morgan fingerprint density at radius 1 is 1.29 bits per heavy atom. The molecule has 1 heterocycles. The zero-order valence-electron chi connectivity index (χ0n) is 13.1. The van der Waals surface area contributed by atoms with Crippen LogP contribution in [-0.4, -0.2) is 30.4 Å². The fourth-order valence-electron chi connectivity index (χ4n) is 1.92. The number of anilines is 2. The van der Waals surface area contributed by atoms with Gasteiger partial charge in [-0.2, -0.15) is 0 Å². The second-order valence-electron chi connectivity index (χ2n) is 4.85. The molecule has 0 unspecified atom stereocenters. The van der Waals surface area contributed by atoms with Gasteiger partial charge < -0.3 is 10.6 Å². The molecule has 0 aliphatic rings. The smallest absolute Gasteiger partial charge is 0.233 e. The summed E-state index contributed by atoms with van der Waals surface area (Å²) < 4.78 is 0. The van der Waals surface area contributed by atoms with Crippen molar-refractivity contribution in [3.05, 3.63) is 39.3 Å². The van der Waals surface area contributed by atoms with Crippen LogP contribution >= 0.6 is 34.5 Å². The maximum Gasteiger partial charge on any atom is 0.233 e. The highest BCUT2D eigenvalue weighted by atomic mass is 35.5. The van der Waals surface area contributed by atoms with E-state index >= 15 is 0 Å². The second-order valence-corrected chi connectivity index (χ2v) is 6.50. The van der Waals surface area contributed by atoms with Crippen LogP contribution in [0.4, 0.5) is 10.8 Å². The summed E-state index contributed by atoms with van der Waals surface area (Å²) in [4.78, 5) is 29.1. The molecule has 0 aliphatic heterocycles. The van der Waals surface area contributed by atoms with E-state index in [1.807, 2.05) is 5.38 Å². The molecule has 0 radical (unpaired) electrons. The molecule has 2 aromatic rings. The van der Waals surface area contributed by atoms with Gasteiger partial charge in [-0.15, -0.1) is 11.3 Å². The van der Waals surface area contributed by atoms with Crippen LogP contribution in [0.1, 0.15) is 12.6 Å². The minimum absolute atomic E-state index is 0.105. The first kappa shape index (κ1) is 18.7. The summed E-state index contributed by atoms with van der Waals surface area (Å²) in [6.45, 7) is 2.08. The Morgan fingerprint density at radius 3 is 2.67 bits per heavy atom. The van der Waals surface area contributed by atoms with Crippen molar-refractivity contribution in [2.24, 2.45) is 0 Å². The van der Waals surface area contributed by atoms with Crippen molar-refractivity contribution in [1.29, 1.82) is 0 Å². The highest BCUT2D eigenvalue weighted by Gasteiger charge is 2.18. The van der Waals surface area contributed by atoms with Crippen LogP contribution in [0.5, 0.6) is 0 Å². The molecule has 1 aromatic heterocycles. The van der Waals surface area contributed by atoms with E-state index in [0.717, 1.165) is 5.69 Å². The van der Waals surface area contributed by atoms with Crippen LogP contribution in [0.25, 0.3) is 0 Å². The number of aromatic nitrogens is 1. The molecule has 2 amide bonds. The number of carbonyl (C=O) groups excluding carboxylic acids is 2. The molecule has 0 atom stereocenters. The molecule has 2 N–H and O–H groups in total. The number of thiazole rings is 1. The normalized spacial score (nSPS) is 10.5. The lowest BCUT2D eigenvalue weighted by atomic mass is 10.3. The second kappa shape index (κ2) is 8.43. The summed E-state index contributed by atoms with van der Waals surface area (Å²) in [5.74, 6) is -0.292. The number of nitrogens with zero attached hydrogens (tertiary/aromatic N) is 2. The van der Waals surface area contributed by atoms with Gasteiger partial charge in [0.1, 0.15) is 0 Å². The van der Waals surface area contributed by atoms with Gasteiger partial charge in [0.2, 0.25) is 11.8 Å². The van der Waals surface area contributed by atoms with Gasteiger partial charge in [0.15, 0.2) is 5.13 Å². The highest BCUT2D eigenvalue weighted by molar-refractivity contribution is 7.14. The lowest BCUT2D eigenvalue weighted by Crippen LogP contribution is -2.31. The monoisotopic (exact) mass is 386 g/mol. The number of amides is 2. The number of carbonyl (C=O) groups is 2. The van der Waals surface area contributed by atoms with Gasteiger partial charge in [0, 0.05) is 25.9 Å². The van der Waals surface area contributed by atoms with E-state index in [9.17, 15) is 9.59 Å². The van der Waals surface area contributed by atoms with Gasteiger partial charge in [-0.25, -0.2) is 4.98 Å². The van der Waals surface area contributed by atoms with Crippen molar-refractivity contribution >= 4 is 57.2 Å². The summed E-state index contributed by atoms with van der Waals surface area (Å²) in [6.07, 6.45) is 0. The third-order valence-electron chi connectivity index (χ3n) is 3.08. The third kappa shape index (κ3) is 4.67. The maximum atomic E-state index is 12.0. The zero-order valence-corrected chi connectivity index (χ0v) is 15.4. The number of rotatable bonds is 6. The molecular weight excluding hydrogens is 371 g/mol. The maximum absolute atomic E-state index is 12.0.